The number of benzene rings is 1. The lowest BCUT2D eigenvalue weighted by Gasteiger charge is -2.13. The lowest BCUT2D eigenvalue weighted by atomic mass is 10.2. The van der Waals surface area contributed by atoms with Gasteiger partial charge in [0.25, 0.3) is 5.91 Å². The van der Waals surface area contributed by atoms with Gasteiger partial charge in [-0.3, -0.25) is 4.79 Å². The molecular weight excluding hydrogens is 319 g/mol. The summed E-state index contributed by atoms with van der Waals surface area (Å²) in [4.78, 5) is 26.4. The molecule has 0 aromatic heterocycles. The minimum atomic E-state index is -0.383. The van der Waals surface area contributed by atoms with E-state index >= 15 is 0 Å². The number of likely N-dealkylation sites (N-methyl/N-ethyl adjacent to an activating group) is 1. The maximum atomic E-state index is 11.9. The molecule has 2 rings (SSSR count). The first-order valence-electron chi connectivity index (χ1n) is 4.88. The average molecular weight is 330 g/mol. The Balaban J connectivity index is 2.38. The summed E-state index contributed by atoms with van der Waals surface area (Å²) in [5, 5.41) is 0. The maximum Gasteiger partial charge on any atom is 0.331 e. The Kier molecular flexibility index (Phi) is 2.88. The van der Waals surface area contributed by atoms with Crippen LogP contribution in [0.2, 0.25) is 0 Å². The van der Waals surface area contributed by atoms with Crippen LogP contribution >= 0.6 is 22.6 Å². The zero-order chi connectivity index (χ0) is 11.9. The van der Waals surface area contributed by atoms with Crippen LogP contribution in [0.5, 0.6) is 0 Å². The van der Waals surface area contributed by atoms with Gasteiger partial charge >= 0.3 is 6.03 Å². The van der Waals surface area contributed by atoms with E-state index in [9.17, 15) is 9.59 Å². The van der Waals surface area contributed by atoms with Gasteiger partial charge in [0.1, 0.15) is 6.04 Å². The number of imide groups is 1. The van der Waals surface area contributed by atoms with Gasteiger partial charge in [-0.1, -0.05) is 0 Å². The number of nitrogens with zero attached hydrogens (tertiary/aromatic N) is 2. The summed E-state index contributed by atoms with van der Waals surface area (Å²) in [6, 6.07) is 6.66. The SMILES string of the molecule is CC1C(=O)N(c2ccc(I)cc2)C(=O)N1C. The van der Waals surface area contributed by atoms with Crippen LogP contribution < -0.4 is 4.90 Å². The van der Waals surface area contributed by atoms with Crippen LogP contribution in [-0.2, 0) is 4.79 Å². The van der Waals surface area contributed by atoms with Crippen molar-refractivity contribution >= 4 is 40.2 Å². The summed E-state index contributed by atoms with van der Waals surface area (Å²) in [7, 11) is 1.64. The predicted molar refractivity (Wildman–Crippen MR) is 69.3 cm³/mol. The molecule has 0 aliphatic carbocycles. The van der Waals surface area contributed by atoms with Crippen molar-refractivity contribution in [3.8, 4) is 0 Å². The number of hydrogen-bond acceptors (Lipinski definition) is 2. The van der Waals surface area contributed by atoms with Crippen molar-refractivity contribution in [2.24, 2.45) is 0 Å². The highest BCUT2D eigenvalue weighted by Gasteiger charge is 2.40. The minimum absolute atomic E-state index is 0.172. The second-order valence-electron chi connectivity index (χ2n) is 3.72. The molecule has 0 N–H and O–H groups in total. The maximum absolute atomic E-state index is 11.9. The Hall–Kier alpha value is -1.11. The molecule has 1 heterocycles. The molecule has 1 aromatic rings. The number of amides is 3. The van der Waals surface area contributed by atoms with E-state index in [0.29, 0.717) is 5.69 Å². The average Bonchev–Trinajstić information content (AvgIpc) is 2.46. The first-order valence-corrected chi connectivity index (χ1v) is 5.96. The quantitative estimate of drug-likeness (QED) is 0.584. The van der Waals surface area contributed by atoms with Crippen LogP contribution in [-0.4, -0.2) is 29.9 Å². The van der Waals surface area contributed by atoms with Crippen molar-refractivity contribution in [2.75, 3.05) is 11.9 Å². The molecule has 16 heavy (non-hydrogen) atoms. The Morgan fingerprint density at radius 3 is 2.19 bits per heavy atom. The number of anilines is 1. The summed E-state index contributed by atoms with van der Waals surface area (Å²) in [5.74, 6) is -0.172. The highest BCUT2D eigenvalue weighted by Crippen LogP contribution is 2.24. The molecule has 0 radical (unpaired) electrons. The molecule has 3 amide bonds. The number of carbonyl (C=O) groups excluding carboxylic acids is 2. The molecule has 84 valence electrons. The topological polar surface area (TPSA) is 40.6 Å². The van der Waals surface area contributed by atoms with E-state index in [2.05, 4.69) is 22.6 Å². The molecule has 1 atom stereocenters. The number of hydrogen-bond donors (Lipinski definition) is 0. The fourth-order valence-corrected chi connectivity index (χ4v) is 1.96. The van der Waals surface area contributed by atoms with E-state index in [-0.39, 0.29) is 18.0 Å². The van der Waals surface area contributed by atoms with Crippen molar-refractivity contribution in [3.05, 3.63) is 27.8 Å². The second kappa shape index (κ2) is 4.04. The van der Waals surface area contributed by atoms with E-state index in [1.165, 1.54) is 9.80 Å². The van der Waals surface area contributed by atoms with Gasteiger partial charge in [-0.05, 0) is 53.8 Å². The van der Waals surface area contributed by atoms with E-state index in [4.69, 9.17) is 0 Å². The Bertz CT molecular complexity index is 424. The summed E-state index contributed by atoms with van der Waals surface area (Å²) in [6.07, 6.45) is 0. The van der Waals surface area contributed by atoms with Crippen molar-refractivity contribution in [1.82, 2.24) is 4.90 Å². The monoisotopic (exact) mass is 330 g/mol. The fourth-order valence-electron chi connectivity index (χ4n) is 1.60. The summed E-state index contributed by atoms with van der Waals surface area (Å²) < 4.78 is 1.07. The van der Waals surface area contributed by atoms with Crippen molar-refractivity contribution in [3.63, 3.8) is 0 Å². The van der Waals surface area contributed by atoms with E-state index in [1.54, 1.807) is 26.1 Å². The molecule has 0 saturated carbocycles. The largest absolute Gasteiger partial charge is 0.331 e. The third-order valence-corrected chi connectivity index (χ3v) is 3.46. The predicted octanol–water partition coefficient (Wildman–Crippen LogP) is 2.08. The number of halogens is 1. The van der Waals surface area contributed by atoms with Gasteiger partial charge in [0.2, 0.25) is 0 Å². The summed E-state index contributed by atoms with van der Waals surface area (Å²) in [5.41, 5.74) is 0.631. The standard InChI is InChI=1S/C11H11IN2O2/c1-7-10(15)14(11(16)13(7)2)9-5-3-8(12)4-6-9/h3-7H,1-2H3. The molecule has 4 nitrogen and oxygen atoms in total. The fraction of sp³-hybridized carbons (Fsp3) is 0.273. The molecule has 1 aromatic carbocycles. The molecule has 1 fully saturated rings. The first kappa shape index (κ1) is 11.4. The van der Waals surface area contributed by atoms with Crippen LogP contribution in [0.4, 0.5) is 10.5 Å². The molecule has 0 bridgehead atoms. The van der Waals surface area contributed by atoms with E-state index < -0.39 is 0 Å². The minimum Gasteiger partial charge on any atom is -0.315 e. The van der Waals surface area contributed by atoms with E-state index in [1.807, 2.05) is 12.1 Å². The Morgan fingerprint density at radius 1 is 1.19 bits per heavy atom. The smallest absolute Gasteiger partial charge is 0.315 e. The van der Waals surface area contributed by atoms with Gasteiger partial charge in [0, 0.05) is 10.6 Å². The highest BCUT2D eigenvalue weighted by molar-refractivity contribution is 14.1. The van der Waals surface area contributed by atoms with Crippen LogP contribution in [0.25, 0.3) is 0 Å². The Labute approximate surface area is 107 Å². The van der Waals surface area contributed by atoms with Crippen LogP contribution in [0.1, 0.15) is 6.92 Å². The molecule has 1 aliphatic rings. The highest BCUT2D eigenvalue weighted by atomic mass is 127. The zero-order valence-electron chi connectivity index (χ0n) is 8.98. The molecule has 0 spiro atoms. The Morgan fingerprint density at radius 2 is 1.75 bits per heavy atom. The van der Waals surface area contributed by atoms with Crippen LogP contribution in [0, 0.1) is 3.57 Å². The number of carbonyl (C=O) groups is 2. The molecular formula is C11H11IN2O2. The second-order valence-corrected chi connectivity index (χ2v) is 4.97. The molecule has 5 heteroatoms. The van der Waals surface area contributed by atoms with Crippen molar-refractivity contribution in [2.45, 2.75) is 13.0 Å². The van der Waals surface area contributed by atoms with Gasteiger partial charge in [0.05, 0.1) is 5.69 Å². The third kappa shape index (κ3) is 1.68. The lowest BCUT2D eigenvalue weighted by molar-refractivity contribution is -0.119. The van der Waals surface area contributed by atoms with Gasteiger partial charge < -0.3 is 4.90 Å². The van der Waals surface area contributed by atoms with Crippen molar-refractivity contribution in [1.29, 1.82) is 0 Å². The van der Waals surface area contributed by atoms with Gasteiger partial charge in [0.15, 0.2) is 0 Å². The summed E-state index contributed by atoms with van der Waals surface area (Å²) in [6.45, 7) is 1.73. The van der Waals surface area contributed by atoms with E-state index in [0.717, 1.165) is 3.57 Å². The van der Waals surface area contributed by atoms with Crippen LogP contribution in [0.3, 0.4) is 0 Å². The van der Waals surface area contributed by atoms with Gasteiger partial charge in [-0.2, -0.15) is 0 Å². The van der Waals surface area contributed by atoms with Gasteiger partial charge in [-0.25, -0.2) is 9.69 Å². The number of rotatable bonds is 1. The lowest BCUT2D eigenvalue weighted by Crippen LogP contribution is -2.31. The third-order valence-electron chi connectivity index (χ3n) is 2.74. The molecule has 1 unspecified atom stereocenters. The molecule has 1 saturated heterocycles. The zero-order valence-corrected chi connectivity index (χ0v) is 11.1. The van der Waals surface area contributed by atoms with Crippen LogP contribution in [0.15, 0.2) is 24.3 Å². The van der Waals surface area contributed by atoms with Gasteiger partial charge in [-0.15, -0.1) is 0 Å². The normalized spacial score (nSPS) is 20.8. The molecule has 1 aliphatic heterocycles. The number of urea groups is 1. The summed E-state index contributed by atoms with van der Waals surface area (Å²) >= 11 is 2.18. The van der Waals surface area contributed by atoms with Crippen molar-refractivity contribution < 1.29 is 9.59 Å². The first-order chi connectivity index (χ1) is 7.52.